The number of hydrogen-bond donors (Lipinski definition) is 1. The Bertz CT molecular complexity index is 436. The van der Waals surface area contributed by atoms with Crippen LogP contribution in [0.1, 0.15) is 12.0 Å². The molecule has 21 heavy (non-hydrogen) atoms. The first-order chi connectivity index (χ1) is 10.1. The first-order valence-corrected chi connectivity index (χ1v) is 7.31. The Kier molecular flexibility index (Phi) is 6.02. The molecule has 3 nitrogen and oxygen atoms in total. The minimum absolute atomic E-state index is 0.344. The van der Waals surface area contributed by atoms with Crippen LogP contribution < -0.4 is 5.32 Å². The maximum atomic E-state index is 13.0. The summed E-state index contributed by atoms with van der Waals surface area (Å²) in [6, 6.07) is 2.07. The first kappa shape index (κ1) is 16.3. The highest BCUT2D eigenvalue weighted by atomic mass is 19.2. The molecule has 0 saturated carbocycles. The Morgan fingerprint density at radius 2 is 1.67 bits per heavy atom. The average molecular weight is 301 g/mol. The van der Waals surface area contributed by atoms with Gasteiger partial charge in [-0.15, -0.1) is 0 Å². The molecule has 1 heterocycles. The van der Waals surface area contributed by atoms with E-state index in [-0.39, 0.29) is 0 Å². The molecule has 0 unspecified atom stereocenters. The average Bonchev–Trinajstić information content (AvgIpc) is 2.46. The molecule has 1 aliphatic heterocycles. The zero-order chi connectivity index (χ0) is 15.2. The van der Waals surface area contributed by atoms with Crippen molar-refractivity contribution in [3.05, 3.63) is 35.1 Å². The predicted octanol–water partition coefficient (Wildman–Crippen LogP) is 1.83. The lowest BCUT2D eigenvalue weighted by molar-refractivity contribution is 0.152. The molecule has 0 atom stereocenters. The van der Waals surface area contributed by atoms with Crippen LogP contribution >= 0.6 is 0 Å². The normalized spacial score (nSPS) is 17.3. The molecule has 1 N–H and O–H groups in total. The lowest BCUT2D eigenvalue weighted by Gasteiger charge is -2.32. The van der Waals surface area contributed by atoms with Crippen LogP contribution in [0.4, 0.5) is 13.2 Å². The Hall–Kier alpha value is -1.11. The van der Waals surface area contributed by atoms with Crippen molar-refractivity contribution in [1.29, 1.82) is 0 Å². The van der Waals surface area contributed by atoms with Gasteiger partial charge in [-0.3, -0.25) is 0 Å². The van der Waals surface area contributed by atoms with Crippen LogP contribution in [0.5, 0.6) is 0 Å². The highest BCUT2D eigenvalue weighted by molar-refractivity contribution is 5.19. The summed E-state index contributed by atoms with van der Waals surface area (Å²) >= 11 is 0. The van der Waals surface area contributed by atoms with E-state index in [1.807, 2.05) is 0 Å². The number of rotatable bonds is 6. The van der Waals surface area contributed by atoms with Gasteiger partial charge in [0, 0.05) is 32.7 Å². The van der Waals surface area contributed by atoms with E-state index in [2.05, 4.69) is 22.2 Å². The lowest BCUT2D eigenvalue weighted by Crippen LogP contribution is -2.45. The number of likely N-dealkylation sites (N-methyl/N-ethyl adjacent to an activating group) is 1. The second-order valence-electron chi connectivity index (χ2n) is 5.55. The van der Waals surface area contributed by atoms with E-state index < -0.39 is 17.5 Å². The molecule has 1 aromatic rings. The molecular formula is C15H22F3N3. The van der Waals surface area contributed by atoms with Crippen LogP contribution in [0.2, 0.25) is 0 Å². The Morgan fingerprint density at radius 1 is 1.05 bits per heavy atom. The second kappa shape index (κ2) is 7.77. The number of nitrogens with zero attached hydrogens (tertiary/aromatic N) is 2. The number of piperazine rings is 1. The van der Waals surface area contributed by atoms with Gasteiger partial charge in [-0.05, 0) is 44.3 Å². The van der Waals surface area contributed by atoms with Gasteiger partial charge >= 0.3 is 0 Å². The molecule has 0 spiro atoms. The van der Waals surface area contributed by atoms with Gasteiger partial charge in [0.05, 0.1) is 0 Å². The summed E-state index contributed by atoms with van der Waals surface area (Å²) in [6.07, 6.45) is 0.982. The fourth-order valence-electron chi connectivity index (χ4n) is 2.44. The van der Waals surface area contributed by atoms with Crippen LogP contribution in [0.3, 0.4) is 0 Å². The van der Waals surface area contributed by atoms with Gasteiger partial charge in [0.1, 0.15) is 0 Å². The van der Waals surface area contributed by atoms with Crippen molar-refractivity contribution in [1.82, 2.24) is 15.1 Å². The number of benzene rings is 1. The number of halogens is 3. The van der Waals surface area contributed by atoms with Crippen LogP contribution in [-0.2, 0) is 6.54 Å². The van der Waals surface area contributed by atoms with E-state index in [1.54, 1.807) is 0 Å². The van der Waals surface area contributed by atoms with Crippen LogP contribution in [0.25, 0.3) is 0 Å². The van der Waals surface area contributed by atoms with Crippen molar-refractivity contribution in [2.75, 3.05) is 46.3 Å². The molecule has 1 saturated heterocycles. The number of nitrogens with one attached hydrogen (secondary N) is 1. The van der Waals surface area contributed by atoms with Crippen LogP contribution in [0, 0.1) is 17.5 Å². The van der Waals surface area contributed by atoms with Gasteiger partial charge < -0.3 is 15.1 Å². The van der Waals surface area contributed by atoms with Gasteiger partial charge in [0.2, 0.25) is 0 Å². The van der Waals surface area contributed by atoms with E-state index >= 15 is 0 Å². The van der Waals surface area contributed by atoms with Gasteiger partial charge in [-0.1, -0.05) is 0 Å². The molecule has 1 aliphatic rings. The molecule has 0 radical (unpaired) electrons. The van der Waals surface area contributed by atoms with Crippen molar-refractivity contribution in [2.24, 2.45) is 0 Å². The summed E-state index contributed by atoms with van der Waals surface area (Å²) in [7, 11) is 2.12. The van der Waals surface area contributed by atoms with Gasteiger partial charge in [-0.2, -0.15) is 0 Å². The molecule has 1 aromatic carbocycles. The largest absolute Gasteiger partial charge is 0.313 e. The smallest absolute Gasteiger partial charge is 0.194 e. The first-order valence-electron chi connectivity index (χ1n) is 7.31. The summed E-state index contributed by atoms with van der Waals surface area (Å²) in [5.41, 5.74) is 0.422. The predicted molar refractivity (Wildman–Crippen MR) is 76.6 cm³/mol. The minimum atomic E-state index is -1.41. The summed E-state index contributed by atoms with van der Waals surface area (Å²) in [4.78, 5) is 4.73. The van der Waals surface area contributed by atoms with Gasteiger partial charge in [-0.25, -0.2) is 13.2 Å². The second-order valence-corrected chi connectivity index (χ2v) is 5.55. The molecular weight excluding hydrogens is 279 g/mol. The summed E-state index contributed by atoms with van der Waals surface area (Å²) < 4.78 is 38.9. The SMILES string of the molecule is CN1CCN(CCCNCc2cc(F)c(F)c(F)c2)CC1. The van der Waals surface area contributed by atoms with E-state index in [9.17, 15) is 13.2 Å². The van der Waals surface area contributed by atoms with E-state index in [1.165, 1.54) is 0 Å². The fraction of sp³-hybridized carbons (Fsp3) is 0.600. The minimum Gasteiger partial charge on any atom is -0.313 e. The molecule has 0 bridgehead atoms. The molecule has 118 valence electrons. The van der Waals surface area contributed by atoms with Gasteiger partial charge in [0.15, 0.2) is 17.5 Å². The molecule has 1 fully saturated rings. The molecule has 2 rings (SSSR count). The quantitative estimate of drug-likeness (QED) is 0.639. The van der Waals surface area contributed by atoms with Crippen LogP contribution in [-0.4, -0.2) is 56.1 Å². The summed E-state index contributed by atoms with van der Waals surface area (Å²) in [6.45, 7) is 6.51. The molecule has 0 aromatic heterocycles. The maximum Gasteiger partial charge on any atom is 0.194 e. The van der Waals surface area contributed by atoms with Crippen molar-refractivity contribution in [3.8, 4) is 0 Å². The fourth-order valence-corrected chi connectivity index (χ4v) is 2.44. The van der Waals surface area contributed by atoms with Crippen molar-refractivity contribution in [2.45, 2.75) is 13.0 Å². The summed E-state index contributed by atoms with van der Waals surface area (Å²) in [5.74, 6) is -3.68. The molecule has 6 heteroatoms. The highest BCUT2D eigenvalue weighted by Gasteiger charge is 2.13. The third-order valence-electron chi connectivity index (χ3n) is 3.80. The third-order valence-corrected chi connectivity index (χ3v) is 3.80. The number of hydrogen-bond acceptors (Lipinski definition) is 3. The van der Waals surface area contributed by atoms with E-state index in [4.69, 9.17) is 0 Å². The lowest BCUT2D eigenvalue weighted by atomic mass is 10.2. The monoisotopic (exact) mass is 301 g/mol. The maximum absolute atomic E-state index is 13.0. The van der Waals surface area contributed by atoms with Crippen molar-refractivity contribution in [3.63, 3.8) is 0 Å². The Morgan fingerprint density at radius 3 is 2.29 bits per heavy atom. The van der Waals surface area contributed by atoms with Crippen molar-refractivity contribution >= 4 is 0 Å². The third kappa shape index (κ3) is 4.98. The Labute approximate surface area is 123 Å². The highest BCUT2D eigenvalue weighted by Crippen LogP contribution is 2.13. The zero-order valence-corrected chi connectivity index (χ0v) is 12.3. The molecule has 0 aliphatic carbocycles. The standard InChI is InChI=1S/C15H22F3N3/c1-20-5-7-21(8-6-20)4-2-3-19-11-12-9-13(16)15(18)14(17)10-12/h9-10,19H,2-8,11H2,1H3. The molecule has 0 amide bonds. The van der Waals surface area contributed by atoms with E-state index in [0.29, 0.717) is 12.1 Å². The zero-order valence-electron chi connectivity index (χ0n) is 12.3. The van der Waals surface area contributed by atoms with Gasteiger partial charge in [0.25, 0.3) is 0 Å². The summed E-state index contributed by atoms with van der Waals surface area (Å²) in [5, 5.41) is 3.13. The van der Waals surface area contributed by atoms with E-state index in [0.717, 1.165) is 57.8 Å². The topological polar surface area (TPSA) is 18.5 Å². The Balaban J connectivity index is 1.64. The van der Waals surface area contributed by atoms with Crippen LogP contribution in [0.15, 0.2) is 12.1 Å². The van der Waals surface area contributed by atoms with Crippen molar-refractivity contribution < 1.29 is 13.2 Å².